The van der Waals surface area contributed by atoms with E-state index in [0.29, 0.717) is 17.8 Å². The minimum atomic E-state index is -0.514. The average Bonchev–Trinajstić information content (AvgIpc) is 2.96. The molecule has 0 atom stereocenters. The van der Waals surface area contributed by atoms with Crippen LogP contribution in [-0.2, 0) is 11.3 Å². The van der Waals surface area contributed by atoms with Crippen LogP contribution in [0.25, 0.3) is 10.9 Å². The third kappa shape index (κ3) is 4.14. The first-order valence-electron chi connectivity index (χ1n) is 10.1. The third-order valence-corrected chi connectivity index (χ3v) is 5.96. The van der Waals surface area contributed by atoms with Crippen molar-refractivity contribution < 1.29 is 14.3 Å². The maximum Gasteiger partial charge on any atom is 0.407 e. The number of alkyl carbamates (subject to hydrolysis) is 1. The van der Waals surface area contributed by atoms with E-state index in [-0.39, 0.29) is 17.6 Å². The number of aromatic nitrogens is 1. The number of nitriles is 1. The first-order chi connectivity index (χ1) is 13.6. The molecule has 29 heavy (non-hydrogen) atoms. The molecule has 1 fully saturated rings. The molecule has 1 aliphatic carbocycles. The molecule has 0 radical (unpaired) electrons. The lowest BCUT2D eigenvalue weighted by atomic mass is 9.63. The maximum absolute atomic E-state index is 12.0. The Bertz CT molecular complexity index is 985. The van der Waals surface area contributed by atoms with E-state index in [1.807, 2.05) is 45.9 Å². The molecule has 0 aliphatic heterocycles. The number of nitrogens with zero attached hydrogens (tertiary/aromatic N) is 2. The summed E-state index contributed by atoms with van der Waals surface area (Å²) < 4.78 is 7.41. The van der Waals surface area contributed by atoms with E-state index in [9.17, 15) is 14.9 Å². The van der Waals surface area contributed by atoms with Crippen LogP contribution in [0, 0.1) is 23.7 Å². The number of hydrogen-bond acceptors (Lipinski definition) is 4. The smallest absolute Gasteiger partial charge is 0.407 e. The number of aldehydes is 1. The van der Waals surface area contributed by atoms with Gasteiger partial charge >= 0.3 is 6.09 Å². The molecule has 154 valence electrons. The number of amides is 1. The first kappa shape index (κ1) is 20.9. The summed E-state index contributed by atoms with van der Waals surface area (Å²) in [5.74, 6) is 0. The van der Waals surface area contributed by atoms with Crippen molar-refractivity contribution >= 4 is 23.3 Å². The largest absolute Gasteiger partial charge is 0.444 e. The van der Waals surface area contributed by atoms with E-state index in [2.05, 4.69) is 22.9 Å². The van der Waals surface area contributed by atoms with E-state index in [1.54, 1.807) is 0 Å². The summed E-state index contributed by atoms with van der Waals surface area (Å²) >= 11 is 0. The molecular formula is C23H29N3O3. The zero-order valence-corrected chi connectivity index (χ0v) is 17.8. The Hall–Kier alpha value is -2.81. The third-order valence-electron chi connectivity index (χ3n) is 5.96. The molecule has 6 nitrogen and oxygen atoms in total. The molecular weight excluding hydrogens is 366 g/mol. The Labute approximate surface area is 171 Å². The second kappa shape index (κ2) is 7.55. The number of carbonyl (C=O) groups is 2. The van der Waals surface area contributed by atoms with E-state index >= 15 is 0 Å². The fourth-order valence-electron chi connectivity index (χ4n) is 4.31. The summed E-state index contributed by atoms with van der Waals surface area (Å²) in [4.78, 5) is 23.3. The van der Waals surface area contributed by atoms with Gasteiger partial charge in [0.1, 0.15) is 23.7 Å². The van der Waals surface area contributed by atoms with Gasteiger partial charge in [-0.3, -0.25) is 4.79 Å². The predicted molar refractivity (Wildman–Crippen MR) is 112 cm³/mol. The maximum atomic E-state index is 12.0. The van der Waals surface area contributed by atoms with Crippen molar-refractivity contribution in [2.75, 3.05) is 0 Å². The van der Waals surface area contributed by atoms with Gasteiger partial charge < -0.3 is 14.6 Å². The summed E-state index contributed by atoms with van der Waals surface area (Å²) in [5.41, 5.74) is 2.63. The normalized spacial score (nSPS) is 21.3. The van der Waals surface area contributed by atoms with Crippen LogP contribution < -0.4 is 5.32 Å². The van der Waals surface area contributed by atoms with Crippen LogP contribution >= 0.6 is 0 Å². The Kier molecular flexibility index (Phi) is 5.44. The average molecular weight is 396 g/mol. The van der Waals surface area contributed by atoms with E-state index in [0.717, 1.165) is 42.0 Å². The lowest BCUT2D eigenvalue weighted by molar-refractivity contribution is 0.0250. The van der Waals surface area contributed by atoms with Crippen LogP contribution in [0.5, 0.6) is 0 Å². The highest BCUT2D eigenvalue weighted by molar-refractivity contribution is 5.92. The van der Waals surface area contributed by atoms with Crippen molar-refractivity contribution in [1.29, 1.82) is 5.26 Å². The highest BCUT2D eigenvalue weighted by Crippen LogP contribution is 2.46. The molecule has 3 rings (SSSR count). The van der Waals surface area contributed by atoms with E-state index in [1.165, 1.54) is 0 Å². The van der Waals surface area contributed by atoms with Crippen LogP contribution in [0.3, 0.4) is 0 Å². The highest BCUT2D eigenvalue weighted by Gasteiger charge is 2.44. The van der Waals surface area contributed by atoms with Crippen LogP contribution in [0.1, 0.15) is 68.6 Å². The van der Waals surface area contributed by atoms with Crippen LogP contribution in [-0.4, -0.2) is 28.6 Å². The molecule has 1 aliphatic rings. The molecule has 0 spiro atoms. The molecule has 1 amide bonds. The Morgan fingerprint density at radius 1 is 1.41 bits per heavy atom. The first-order valence-corrected chi connectivity index (χ1v) is 10.1. The zero-order valence-electron chi connectivity index (χ0n) is 17.8. The van der Waals surface area contributed by atoms with Gasteiger partial charge in [-0.05, 0) is 76.1 Å². The lowest BCUT2D eigenvalue weighted by Crippen LogP contribution is -2.53. The van der Waals surface area contributed by atoms with E-state index < -0.39 is 5.60 Å². The van der Waals surface area contributed by atoms with E-state index in [4.69, 9.17) is 4.74 Å². The number of nitrogens with one attached hydrogen (secondary N) is 1. The van der Waals surface area contributed by atoms with Gasteiger partial charge in [-0.1, -0.05) is 6.92 Å². The number of benzene rings is 1. The van der Waals surface area contributed by atoms with Gasteiger partial charge in [-0.15, -0.1) is 0 Å². The summed E-state index contributed by atoms with van der Waals surface area (Å²) in [6.07, 6.45) is 3.12. The number of rotatable bonds is 5. The minimum Gasteiger partial charge on any atom is -0.444 e. The Morgan fingerprint density at radius 2 is 2.10 bits per heavy atom. The van der Waals surface area contributed by atoms with Crippen LogP contribution in [0.15, 0.2) is 18.2 Å². The Balaban J connectivity index is 1.80. The second-order valence-corrected chi connectivity index (χ2v) is 9.16. The molecule has 0 unspecified atom stereocenters. The number of carbonyl (C=O) groups excluding carboxylic acids is 2. The van der Waals surface area contributed by atoms with Gasteiger partial charge in [0, 0.05) is 29.1 Å². The zero-order chi connectivity index (χ0) is 21.4. The summed E-state index contributed by atoms with van der Waals surface area (Å²) in [6, 6.07) is 7.99. The van der Waals surface area contributed by atoms with Crippen molar-refractivity contribution in [3.05, 3.63) is 35.0 Å². The highest BCUT2D eigenvalue weighted by atomic mass is 16.6. The molecule has 6 heteroatoms. The molecule has 1 saturated carbocycles. The summed E-state index contributed by atoms with van der Waals surface area (Å²) in [5, 5.41) is 13.6. The molecule has 1 N–H and O–H groups in total. The molecule has 1 aromatic carbocycles. The monoisotopic (exact) mass is 395 g/mol. The number of aryl methyl sites for hydroxylation is 1. The van der Waals surface area contributed by atoms with Gasteiger partial charge in [-0.25, -0.2) is 4.79 Å². The van der Waals surface area contributed by atoms with Crippen molar-refractivity contribution in [3.8, 4) is 6.07 Å². The van der Waals surface area contributed by atoms with Crippen LogP contribution in [0.2, 0.25) is 0 Å². The minimum absolute atomic E-state index is 0.0223. The molecule has 0 bridgehead atoms. The SMILES string of the molecule is CCC1(Cn2c(C#N)cc3c(C)c(C=O)ccc32)CC(NC(=O)OC(C)(C)C)C1. The number of fused-ring (bicyclic) bond motifs is 1. The molecule has 2 aromatic rings. The lowest BCUT2D eigenvalue weighted by Gasteiger charge is -2.48. The summed E-state index contributed by atoms with van der Waals surface area (Å²) in [7, 11) is 0. The van der Waals surface area contributed by atoms with Crippen molar-refractivity contribution in [3.63, 3.8) is 0 Å². The second-order valence-electron chi connectivity index (χ2n) is 9.16. The molecule has 1 heterocycles. The van der Waals surface area contributed by atoms with Gasteiger partial charge in [0.05, 0.1) is 0 Å². The van der Waals surface area contributed by atoms with Gasteiger partial charge in [0.2, 0.25) is 0 Å². The molecule has 1 aromatic heterocycles. The van der Waals surface area contributed by atoms with Crippen molar-refractivity contribution in [2.45, 2.75) is 72.1 Å². The van der Waals surface area contributed by atoms with Gasteiger partial charge in [0.15, 0.2) is 0 Å². The fraction of sp³-hybridized carbons (Fsp3) is 0.522. The van der Waals surface area contributed by atoms with Crippen molar-refractivity contribution in [2.24, 2.45) is 5.41 Å². The Morgan fingerprint density at radius 3 is 2.66 bits per heavy atom. The van der Waals surface area contributed by atoms with Crippen molar-refractivity contribution in [1.82, 2.24) is 9.88 Å². The number of ether oxygens (including phenoxy) is 1. The van der Waals surface area contributed by atoms with Gasteiger partial charge in [-0.2, -0.15) is 5.26 Å². The summed E-state index contributed by atoms with van der Waals surface area (Å²) in [6.45, 7) is 10.3. The fourth-order valence-corrected chi connectivity index (χ4v) is 4.31. The predicted octanol–water partition coefficient (Wildman–Crippen LogP) is 4.72. The van der Waals surface area contributed by atoms with Crippen LogP contribution in [0.4, 0.5) is 4.79 Å². The number of hydrogen-bond donors (Lipinski definition) is 1. The quantitative estimate of drug-likeness (QED) is 0.743. The molecule has 0 saturated heterocycles. The standard InChI is InChI=1S/C23H29N3O3/c1-6-23(10-17(11-23)25-21(28)29-22(3,4)5)14-26-18(12-24)9-19-15(2)16(13-27)7-8-20(19)26/h7-9,13,17H,6,10-11,14H2,1-5H3,(H,25,28). The van der Waals surface area contributed by atoms with Gasteiger partial charge in [0.25, 0.3) is 0 Å². The topological polar surface area (TPSA) is 84.1 Å².